The van der Waals surface area contributed by atoms with E-state index >= 15 is 0 Å². The monoisotopic (exact) mass is 437 g/mol. The average molecular weight is 437 g/mol. The van der Waals surface area contributed by atoms with Gasteiger partial charge in [0.05, 0.1) is 21.8 Å². The molecule has 1 amide bonds. The molecule has 1 heterocycles. The predicted octanol–water partition coefficient (Wildman–Crippen LogP) is 4.53. The van der Waals surface area contributed by atoms with E-state index in [9.17, 15) is 17.6 Å². The van der Waals surface area contributed by atoms with Gasteiger partial charge in [0.1, 0.15) is 5.82 Å². The summed E-state index contributed by atoms with van der Waals surface area (Å²) in [6.07, 6.45) is 0. The number of nitrogens with one attached hydrogen (secondary N) is 2. The molecular formula is C22H16FN3O4S. The summed E-state index contributed by atoms with van der Waals surface area (Å²) in [4.78, 5) is 12.7. The molecule has 0 aliphatic heterocycles. The van der Waals surface area contributed by atoms with Crippen LogP contribution in [0.3, 0.4) is 0 Å². The molecule has 0 saturated heterocycles. The molecule has 3 aromatic carbocycles. The summed E-state index contributed by atoms with van der Waals surface area (Å²) in [5.74, 6) is -1.05. The molecule has 0 bridgehead atoms. The second-order valence-corrected chi connectivity index (χ2v) is 8.16. The van der Waals surface area contributed by atoms with Gasteiger partial charge in [0.25, 0.3) is 15.9 Å². The molecule has 0 radical (unpaired) electrons. The highest BCUT2D eigenvalue weighted by molar-refractivity contribution is 7.92. The van der Waals surface area contributed by atoms with Gasteiger partial charge in [-0.3, -0.25) is 9.52 Å². The number of nitrogens with zero attached hydrogens (tertiary/aromatic N) is 1. The number of sulfonamides is 1. The summed E-state index contributed by atoms with van der Waals surface area (Å²) < 4.78 is 46.7. The lowest BCUT2D eigenvalue weighted by atomic mass is 10.1. The number of amides is 1. The molecule has 4 aromatic rings. The van der Waals surface area contributed by atoms with E-state index < -0.39 is 21.7 Å². The summed E-state index contributed by atoms with van der Waals surface area (Å²) in [6.45, 7) is 0. The van der Waals surface area contributed by atoms with Crippen LogP contribution in [-0.4, -0.2) is 19.5 Å². The van der Waals surface area contributed by atoms with E-state index in [2.05, 4.69) is 15.2 Å². The quantitative estimate of drug-likeness (QED) is 0.461. The first-order chi connectivity index (χ1) is 14.9. The maximum atomic E-state index is 13.9. The molecule has 9 heteroatoms. The highest BCUT2D eigenvalue weighted by Crippen LogP contribution is 2.26. The molecule has 2 N–H and O–H groups in total. The van der Waals surface area contributed by atoms with E-state index in [4.69, 9.17) is 4.52 Å². The molecule has 4 rings (SSSR count). The highest BCUT2D eigenvalue weighted by Gasteiger charge is 2.19. The van der Waals surface area contributed by atoms with E-state index in [1.807, 2.05) is 0 Å². The van der Waals surface area contributed by atoms with Crippen LogP contribution in [-0.2, 0) is 10.0 Å². The van der Waals surface area contributed by atoms with Crippen molar-refractivity contribution in [2.45, 2.75) is 4.90 Å². The Morgan fingerprint density at radius 3 is 2.26 bits per heavy atom. The molecule has 0 aliphatic rings. The molecule has 0 unspecified atom stereocenters. The van der Waals surface area contributed by atoms with Crippen molar-refractivity contribution in [3.63, 3.8) is 0 Å². The van der Waals surface area contributed by atoms with Gasteiger partial charge in [-0.25, -0.2) is 12.8 Å². The minimum atomic E-state index is -3.85. The van der Waals surface area contributed by atoms with E-state index in [1.54, 1.807) is 42.5 Å². The van der Waals surface area contributed by atoms with Gasteiger partial charge >= 0.3 is 0 Å². The molecular weight excluding hydrogens is 421 g/mol. The predicted molar refractivity (Wildman–Crippen MR) is 114 cm³/mol. The minimum absolute atomic E-state index is 0.0843. The van der Waals surface area contributed by atoms with Gasteiger partial charge in [0.2, 0.25) is 0 Å². The Bertz CT molecular complexity index is 1340. The zero-order valence-electron chi connectivity index (χ0n) is 15.9. The zero-order chi connectivity index (χ0) is 21.8. The Hall–Kier alpha value is -3.98. The topological polar surface area (TPSA) is 101 Å². The van der Waals surface area contributed by atoms with Crippen LogP contribution in [0.15, 0.2) is 94.3 Å². The second kappa shape index (κ2) is 8.41. The maximum Gasteiger partial charge on any atom is 0.277 e. The first-order valence-electron chi connectivity index (χ1n) is 9.14. The summed E-state index contributed by atoms with van der Waals surface area (Å²) in [7, 11) is -3.85. The molecule has 0 spiro atoms. The average Bonchev–Trinajstić information content (AvgIpc) is 3.26. The van der Waals surface area contributed by atoms with Crippen molar-refractivity contribution in [1.82, 2.24) is 5.16 Å². The van der Waals surface area contributed by atoms with Crippen LogP contribution in [0.2, 0.25) is 0 Å². The molecule has 31 heavy (non-hydrogen) atoms. The van der Waals surface area contributed by atoms with E-state index in [-0.39, 0.29) is 33.3 Å². The summed E-state index contributed by atoms with van der Waals surface area (Å²) in [6, 6.07) is 21.4. The Morgan fingerprint density at radius 1 is 0.871 bits per heavy atom. The zero-order valence-corrected chi connectivity index (χ0v) is 16.8. The number of hydrogen-bond donors (Lipinski definition) is 2. The smallest absolute Gasteiger partial charge is 0.277 e. The van der Waals surface area contributed by atoms with E-state index in [0.29, 0.717) is 0 Å². The fourth-order valence-electron chi connectivity index (χ4n) is 2.84. The maximum absolute atomic E-state index is 13.9. The van der Waals surface area contributed by atoms with Crippen LogP contribution in [0.5, 0.6) is 0 Å². The number of anilines is 2. The number of para-hydroxylation sites is 2. The largest absolute Gasteiger partial charge is 0.355 e. The molecule has 0 saturated carbocycles. The minimum Gasteiger partial charge on any atom is -0.355 e. The SMILES string of the molecule is O=C(Nc1ccccc1NS(=O)(=O)c1ccccc1)c1cc(-c2ccccc2F)on1. The van der Waals surface area contributed by atoms with Gasteiger partial charge in [0.15, 0.2) is 11.5 Å². The summed E-state index contributed by atoms with van der Waals surface area (Å²) >= 11 is 0. The molecule has 7 nitrogen and oxygen atoms in total. The molecule has 0 aliphatic carbocycles. The third-order valence-electron chi connectivity index (χ3n) is 4.36. The van der Waals surface area contributed by atoms with Gasteiger partial charge in [-0.15, -0.1) is 0 Å². The first kappa shape index (κ1) is 20.3. The van der Waals surface area contributed by atoms with Crippen molar-refractivity contribution < 1.29 is 22.1 Å². The molecule has 0 fully saturated rings. The highest BCUT2D eigenvalue weighted by atomic mass is 32.2. The van der Waals surface area contributed by atoms with Crippen LogP contribution in [0.1, 0.15) is 10.5 Å². The van der Waals surface area contributed by atoms with Gasteiger partial charge < -0.3 is 9.84 Å². The van der Waals surface area contributed by atoms with Crippen molar-refractivity contribution in [2.75, 3.05) is 10.0 Å². The van der Waals surface area contributed by atoms with E-state index in [1.165, 1.54) is 42.5 Å². The first-order valence-corrected chi connectivity index (χ1v) is 10.6. The van der Waals surface area contributed by atoms with Crippen LogP contribution < -0.4 is 10.0 Å². The van der Waals surface area contributed by atoms with Crippen molar-refractivity contribution >= 4 is 27.3 Å². The van der Waals surface area contributed by atoms with Gasteiger partial charge in [-0.05, 0) is 36.4 Å². The lowest BCUT2D eigenvalue weighted by Gasteiger charge is -2.13. The number of carbonyl (C=O) groups excluding carboxylic acids is 1. The third kappa shape index (κ3) is 4.46. The van der Waals surface area contributed by atoms with Crippen LogP contribution in [0.25, 0.3) is 11.3 Å². The van der Waals surface area contributed by atoms with Crippen LogP contribution in [0, 0.1) is 5.82 Å². The van der Waals surface area contributed by atoms with Crippen LogP contribution >= 0.6 is 0 Å². The summed E-state index contributed by atoms with van der Waals surface area (Å²) in [5, 5.41) is 6.29. The van der Waals surface area contributed by atoms with Gasteiger partial charge in [-0.2, -0.15) is 0 Å². The number of carbonyl (C=O) groups is 1. The standard InChI is InChI=1S/C22H16FN3O4S/c23-17-11-5-4-10-16(17)21-14-20(25-30-21)22(27)24-18-12-6-7-13-19(18)26-31(28,29)15-8-2-1-3-9-15/h1-14,26H,(H,24,27). The Balaban J connectivity index is 1.56. The van der Waals surface area contributed by atoms with Crippen molar-refractivity contribution in [3.05, 3.63) is 96.4 Å². The number of hydrogen-bond acceptors (Lipinski definition) is 5. The number of rotatable bonds is 6. The molecule has 0 atom stereocenters. The third-order valence-corrected chi connectivity index (χ3v) is 5.74. The van der Waals surface area contributed by atoms with E-state index in [0.717, 1.165) is 0 Å². The lowest BCUT2D eigenvalue weighted by molar-refractivity contribution is 0.101. The Kier molecular flexibility index (Phi) is 5.50. The van der Waals surface area contributed by atoms with Crippen LogP contribution in [0.4, 0.5) is 15.8 Å². The fourth-order valence-corrected chi connectivity index (χ4v) is 3.94. The second-order valence-electron chi connectivity index (χ2n) is 6.47. The normalized spacial score (nSPS) is 11.1. The van der Waals surface area contributed by atoms with Crippen molar-refractivity contribution in [1.29, 1.82) is 0 Å². The number of halogens is 1. The van der Waals surface area contributed by atoms with Gasteiger partial charge in [-0.1, -0.05) is 47.6 Å². The number of benzene rings is 3. The Morgan fingerprint density at radius 2 is 1.52 bits per heavy atom. The fraction of sp³-hybridized carbons (Fsp3) is 0. The molecule has 1 aromatic heterocycles. The Labute approximate surface area is 177 Å². The van der Waals surface area contributed by atoms with Gasteiger partial charge in [0, 0.05) is 6.07 Å². The van der Waals surface area contributed by atoms with Crippen molar-refractivity contribution in [2.24, 2.45) is 0 Å². The van der Waals surface area contributed by atoms with Crippen molar-refractivity contribution in [3.8, 4) is 11.3 Å². The lowest BCUT2D eigenvalue weighted by Crippen LogP contribution is -2.17. The summed E-state index contributed by atoms with van der Waals surface area (Å²) in [5.41, 5.74) is 0.490. The molecule has 156 valence electrons. The number of aromatic nitrogens is 1.